The Kier molecular flexibility index (Phi) is 5.06. The normalized spacial score (nSPS) is 12.1. The summed E-state index contributed by atoms with van der Waals surface area (Å²) in [4.78, 5) is 0. The van der Waals surface area contributed by atoms with Gasteiger partial charge in [0, 0.05) is 11.6 Å². The molecule has 1 atom stereocenters. The van der Waals surface area contributed by atoms with Crippen LogP contribution in [0.1, 0.15) is 16.5 Å². The molecule has 2 rings (SSSR count). The average molecular weight is 378 g/mol. The quantitative estimate of drug-likeness (QED) is 0.692. The van der Waals surface area contributed by atoms with Crippen LogP contribution in [0.25, 0.3) is 0 Å². The third kappa shape index (κ3) is 3.14. The maximum atomic E-state index is 14.2. The number of hydrogen-bond donors (Lipinski definition) is 0. The summed E-state index contributed by atoms with van der Waals surface area (Å²) in [5.41, 5.74) is 0.614. The number of rotatable bonds is 4. The van der Waals surface area contributed by atoms with Gasteiger partial charge in [-0.1, -0.05) is 12.1 Å². The molecule has 2 aromatic rings. The van der Waals surface area contributed by atoms with Gasteiger partial charge in [-0.3, -0.25) is 0 Å². The molecular weight excluding hydrogens is 366 g/mol. The molecule has 0 aliphatic carbocycles. The van der Waals surface area contributed by atoms with Gasteiger partial charge in [0.2, 0.25) is 0 Å². The van der Waals surface area contributed by atoms with Crippen LogP contribution in [0.15, 0.2) is 34.8 Å². The van der Waals surface area contributed by atoms with Crippen molar-refractivity contribution in [3.63, 3.8) is 0 Å². The number of halogens is 4. The number of ether oxygens (including phenoxy) is 2. The highest BCUT2D eigenvalue weighted by Gasteiger charge is 2.22. The molecule has 21 heavy (non-hydrogen) atoms. The molecule has 0 amide bonds. The highest BCUT2D eigenvalue weighted by atomic mass is 79.9. The van der Waals surface area contributed by atoms with Crippen molar-refractivity contribution in [3.05, 3.63) is 57.6 Å². The lowest BCUT2D eigenvalue weighted by atomic mass is 10.0. The van der Waals surface area contributed by atoms with Crippen molar-refractivity contribution < 1.29 is 18.3 Å². The first-order valence-corrected chi connectivity index (χ1v) is 7.22. The summed E-state index contributed by atoms with van der Waals surface area (Å²) in [6.45, 7) is 0. The maximum Gasteiger partial charge on any atom is 0.163 e. The Hall–Kier alpha value is -1.33. The summed E-state index contributed by atoms with van der Waals surface area (Å²) in [5, 5.41) is -0.866. The average Bonchev–Trinajstić information content (AvgIpc) is 2.49. The molecule has 0 aromatic heterocycles. The summed E-state index contributed by atoms with van der Waals surface area (Å²) in [6, 6.07) is 7.08. The SMILES string of the molecule is COc1cc(F)c(C(Cl)c2cccc(F)c2Br)cc1OC. The van der Waals surface area contributed by atoms with Gasteiger partial charge in [-0.15, -0.1) is 11.6 Å². The molecule has 112 valence electrons. The van der Waals surface area contributed by atoms with E-state index in [2.05, 4.69) is 15.9 Å². The number of hydrogen-bond acceptors (Lipinski definition) is 2. The first kappa shape index (κ1) is 16.0. The van der Waals surface area contributed by atoms with E-state index in [9.17, 15) is 8.78 Å². The Morgan fingerprint density at radius 1 is 1.00 bits per heavy atom. The molecular formula is C15H12BrClF2O2. The van der Waals surface area contributed by atoms with Gasteiger partial charge < -0.3 is 9.47 Å². The molecule has 0 aliphatic rings. The monoisotopic (exact) mass is 376 g/mol. The zero-order valence-corrected chi connectivity index (χ0v) is 13.6. The van der Waals surface area contributed by atoms with Crippen LogP contribution in [0.3, 0.4) is 0 Å². The van der Waals surface area contributed by atoms with Gasteiger partial charge >= 0.3 is 0 Å². The highest BCUT2D eigenvalue weighted by molar-refractivity contribution is 9.10. The summed E-state index contributed by atoms with van der Waals surface area (Å²) < 4.78 is 38.1. The number of benzene rings is 2. The van der Waals surface area contributed by atoms with E-state index >= 15 is 0 Å². The van der Waals surface area contributed by atoms with Gasteiger partial charge in [0.25, 0.3) is 0 Å². The Morgan fingerprint density at radius 3 is 2.24 bits per heavy atom. The minimum Gasteiger partial charge on any atom is -0.493 e. The van der Waals surface area contributed by atoms with E-state index in [0.29, 0.717) is 11.3 Å². The van der Waals surface area contributed by atoms with E-state index < -0.39 is 17.0 Å². The van der Waals surface area contributed by atoms with E-state index in [1.54, 1.807) is 6.07 Å². The zero-order chi connectivity index (χ0) is 15.6. The maximum absolute atomic E-state index is 14.2. The molecule has 6 heteroatoms. The fourth-order valence-electron chi connectivity index (χ4n) is 1.95. The predicted molar refractivity (Wildman–Crippen MR) is 81.3 cm³/mol. The lowest BCUT2D eigenvalue weighted by Crippen LogP contribution is -2.01. The second kappa shape index (κ2) is 6.62. The third-order valence-corrected chi connectivity index (χ3v) is 4.34. The molecule has 0 bridgehead atoms. The Balaban J connectivity index is 2.53. The molecule has 2 aromatic carbocycles. The van der Waals surface area contributed by atoms with Crippen LogP contribution >= 0.6 is 27.5 Å². The van der Waals surface area contributed by atoms with Crippen molar-refractivity contribution in [3.8, 4) is 11.5 Å². The molecule has 0 N–H and O–H groups in total. The molecule has 0 aliphatic heterocycles. The first-order valence-electron chi connectivity index (χ1n) is 5.99. The van der Waals surface area contributed by atoms with E-state index in [1.807, 2.05) is 0 Å². The van der Waals surface area contributed by atoms with Crippen molar-refractivity contribution in [2.45, 2.75) is 5.38 Å². The fraction of sp³-hybridized carbons (Fsp3) is 0.200. The van der Waals surface area contributed by atoms with Gasteiger partial charge in [-0.2, -0.15) is 0 Å². The molecule has 0 heterocycles. The standard InChI is InChI=1S/C15H12BrClF2O2/c1-20-12-6-9(11(19)7-13(12)21-2)15(17)8-4-3-5-10(18)14(8)16/h3-7,15H,1-2H3. The smallest absolute Gasteiger partial charge is 0.163 e. The van der Waals surface area contributed by atoms with Gasteiger partial charge in [0.05, 0.1) is 24.1 Å². The van der Waals surface area contributed by atoms with Crippen LogP contribution in [-0.4, -0.2) is 14.2 Å². The molecule has 0 saturated carbocycles. The van der Waals surface area contributed by atoms with Gasteiger partial charge in [0.1, 0.15) is 11.6 Å². The molecule has 0 spiro atoms. The van der Waals surface area contributed by atoms with Crippen molar-refractivity contribution in [2.24, 2.45) is 0 Å². The first-order chi connectivity index (χ1) is 9.99. The van der Waals surface area contributed by atoms with E-state index in [4.69, 9.17) is 21.1 Å². The lowest BCUT2D eigenvalue weighted by molar-refractivity contribution is 0.351. The second-order valence-corrected chi connectivity index (χ2v) is 5.46. The van der Waals surface area contributed by atoms with Crippen molar-refractivity contribution in [1.82, 2.24) is 0 Å². The van der Waals surface area contributed by atoms with Crippen LogP contribution in [0, 0.1) is 11.6 Å². The topological polar surface area (TPSA) is 18.5 Å². The molecule has 0 fully saturated rings. The Labute approximate surface area is 134 Å². The predicted octanol–water partition coefficient (Wildman–Crippen LogP) is 5.07. The molecule has 0 radical (unpaired) electrons. The lowest BCUT2D eigenvalue weighted by Gasteiger charge is -2.16. The van der Waals surface area contributed by atoms with E-state index in [0.717, 1.165) is 0 Å². The summed E-state index contributed by atoms with van der Waals surface area (Å²) in [7, 11) is 2.86. The largest absolute Gasteiger partial charge is 0.493 e. The van der Waals surface area contributed by atoms with Crippen LogP contribution < -0.4 is 9.47 Å². The zero-order valence-electron chi connectivity index (χ0n) is 11.3. The Morgan fingerprint density at radius 2 is 1.62 bits per heavy atom. The van der Waals surface area contributed by atoms with Crippen molar-refractivity contribution in [1.29, 1.82) is 0 Å². The van der Waals surface area contributed by atoms with Gasteiger partial charge in [-0.05, 0) is 33.6 Å². The van der Waals surface area contributed by atoms with Crippen molar-refractivity contribution >= 4 is 27.5 Å². The van der Waals surface area contributed by atoms with Crippen LogP contribution in [-0.2, 0) is 0 Å². The van der Waals surface area contributed by atoms with Crippen LogP contribution in [0.5, 0.6) is 11.5 Å². The minimum atomic E-state index is -0.866. The third-order valence-electron chi connectivity index (χ3n) is 3.03. The summed E-state index contributed by atoms with van der Waals surface area (Å²) in [6.07, 6.45) is 0. The summed E-state index contributed by atoms with van der Waals surface area (Å²) >= 11 is 9.43. The second-order valence-electron chi connectivity index (χ2n) is 4.23. The van der Waals surface area contributed by atoms with Crippen LogP contribution in [0.4, 0.5) is 8.78 Å². The van der Waals surface area contributed by atoms with E-state index in [1.165, 1.54) is 38.5 Å². The molecule has 0 saturated heterocycles. The van der Waals surface area contributed by atoms with Crippen molar-refractivity contribution in [2.75, 3.05) is 14.2 Å². The van der Waals surface area contributed by atoms with Crippen LogP contribution in [0.2, 0.25) is 0 Å². The number of methoxy groups -OCH3 is 2. The Bertz CT molecular complexity index is 664. The molecule has 2 nitrogen and oxygen atoms in total. The van der Waals surface area contributed by atoms with Gasteiger partial charge in [-0.25, -0.2) is 8.78 Å². The fourth-order valence-corrected chi connectivity index (χ4v) is 2.92. The minimum absolute atomic E-state index is 0.181. The van der Waals surface area contributed by atoms with Gasteiger partial charge in [0.15, 0.2) is 11.5 Å². The number of alkyl halides is 1. The summed E-state index contributed by atoms with van der Waals surface area (Å²) in [5.74, 6) is -0.393. The van der Waals surface area contributed by atoms with E-state index in [-0.39, 0.29) is 15.8 Å². The highest BCUT2D eigenvalue weighted by Crippen LogP contribution is 2.40. The molecule has 1 unspecified atom stereocenters.